The van der Waals surface area contributed by atoms with E-state index in [0.29, 0.717) is 18.7 Å². The lowest BCUT2D eigenvalue weighted by atomic mass is 10.0. The first-order valence-corrected chi connectivity index (χ1v) is 6.85. The summed E-state index contributed by atoms with van der Waals surface area (Å²) in [5, 5.41) is 9.83. The van der Waals surface area contributed by atoms with E-state index < -0.39 is 0 Å². The van der Waals surface area contributed by atoms with E-state index in [2.05, 4.69) is 0 Å². The highest BCUT2D eigenvalue weighted by atomic mass is 16.3. The molecule has 0 saturated heterocycles. The molecule has 0 aromatic heterocycles. The van der Waals surface area contributed by atoms with Crippen LogP contribution in [0.5, 0.6) is 5.75 Å². The number of benzene rings is 2. The quantitative estimate of drug-likeness (QED) is 0.922. The second-order valence-corrected chi connectivity index (χ2v) is 4.57. The molecule has 104 valence electrons. The molecule has 2 rings (SSSR count). The van der Waals surface area contributed by atoms with Crippen molar-refractivity contribution in [3.8, 4) is 16.9 Å². The molecule has 0 spiro atoms. The zero-order valence-electron chi connectivity index (χ0n) is 11.8. The lowest BCUT2D eigenvalue weighted by Gasteiger charge is -2.18. The highest BCUT2D eigenvalue weighted by Crippen LogP contribution is 2.28. The van der Waals surface area contributed by atoms with Gasteiger partial charge in [0, 0.05) is 24.2 Å². The fourth-order valence-corrected chi connectivity index (χ4v) is 2.20. The molecular formula is C17H19NO2. The second-order valence-electron chi connectivity index (χ2n) is 4.57. The summed E-state index contributed by atoms with van der Waals surface area (Å²) in [5.41, 5.74) is 2.35. The first-order chi connectivity index (χ1) is 9.67. The van der Waals surface area contributed by atoms with E-state index in [-0.39, 0.29) is 11.7 Å². The number of carbonyl (C=O) groups excluding carboxylic acids is 1. The molecule has 0 fully saturated rings. The van der Waals surface area contributed by atoms with Crippen molar-refractivity contribution in [1.82, 2.24) is 4.90 Å². The Kier molecular flexibility index (Phi) is 4.41. The van der Waals surface area contributed by atoms with Crippen LogP contribution in [0.4, 0.5) is 0 Å². The number of amides is 1. The van der Waals surface area contributed by atoms with Gasteiger partial charge in [-0.2, -0.15) is 0 Å². The number of hydrogen-bond acceptors (Lipinski definition) is 2. The predicted octanol–water partition coefficient (Wildman–Crippen LogP) is 3.54. The Labute approximate surface area is 119 Å². The summed E-state index contributed by atoms with van der Waals surface area (Å²) in [7, 11) is 0. The van der Waals surface area contributed by atoms with Crippen LogP contribution in [0.2, 0.25) is 0 Å². The Morgan fingerprint density at radius 3 is 2.15 bits per heavy atom. The molecule has 3 nitrogen and oxygen atoms in total. The minimum atomic E-state index is 0.0406. The van der Waals surface area contributed by atoms with Crippen LogP contribution in [0.15, 0.2) is 48.5 Å². The molecule has 0 radical (unpaired) electrons. The second kappa shape index (κ2) is 6.24. The number of rotatable bonds is 4. The summed E-state index contributed by atoms with van der Waals surface area (Å²) in [5.74, 6) is 0.286. The maximum Gasteiger partial charge on any atom is 0.253 e. The topological polar surface area (TPSA) is 40.5 Å². The zero-order valence-corrected chi connectivity index (χ0v) is 11.8. The van der Waals surface area contributed by atoms with Crippen molar-refractivity contribution in [3.05, 3.63) is 54.1 Å². The maximum absolute atomic E-state index is 12.2. The van der Waals surface area contributed by atoms with E-state index in [1.54, 1.807) is 17.0 Å². The summed E-state index contributed by atoms with van der Waals surface area (Å²) < 4.78 is 0. The smallest absolute Gasteiger partial charge is 0.253 e. The standard InChI is InChI=1S/C17H19NO2/c1-3-18(4-2)17(20)14-11-9-13(10-12-14)15-7-5-6-8-16(15)19/h5-12,19H,3-4H2,1-2H3. The van der Waals surface area contributed by atoms with Crippen molar-refractivity contribution >= 4 is 5.91 Å². The van der Waals surface area contributed by atoms with E-state index in [0.717, 1.165) is 11.1 Å². The van der Waals surface area contributed by atoms with Crippen LogP contribution in [-0.4, -0.2) is 29.0 Å². The average Bonchev–Trinajstić information content (AvgIpc) is 2.49. The fraction of sp³-hybridized carbons (Fsp3) is 0.235. The molecule has 0 atom stereocenters. The fourth-order valence-electron chi connectivity index (χ4n) is 2.20. The highest BCUT2D eigenvalue weighted by Gasteiger charge is 2.12. The molecule has 20 heavy (non-hydrogen) atoms. The third kappa shape index (κ3) is 2.82. The number of carbonyl (C=O) groups is 1. The molecule has 0 bridgehead atoms. The summed E-state index contributed by atoms with van der Waals surface area (Å²) in [6, 6.07) is 14.5. The molecule has 1 N–H and O–H groups in total. The molecule has 3 heteroatoms. The minimum absolute atomic E-state index is 0.0406. The highest BCUT2D eigenvalue weighted by molar-refractivity contribution is 5.94. The third-order valence-corrected chi connectivity index (χ3v) is 3.40. The lowest BCUT2D eigenvalue weighted by molar-refractivity contribution is 0.0773. The van der Waals surface area contributed by atoms with Crippen molar-refractivity contribution < 1.29 is 9.90 Å². The van der Waals surface area contributed by atoms with Gasteiger partial charge in [-0.15, -0.1) is 0 Å². The molecule has 1 amide bonds. The van der Waals surface area contributed by atoms with Crippen molar-refractivity contribution in [3.63, 3.8) is 0 Å². The molecule has 0 unspecified atom stereocenters. The van der Waals surface area contributed by atoms with Crippen molar-refractivity contribution in [2.24, 2.45) is 0 Å². The van der Waals surface area contributed by atoms with Crippen LogP contribution in [0.1, 0.15) is 24.2 Å². The number of phenols is 1. The van der Waals surface area contributed by atoms with Gasteiger partial charge in [0.1, 0.15) is 5.75 Å². The largest absolute Gasteiger partial charge is 0.507 e. The molecule has 0 aliphatic carbocycles. The van der Waals surface area contributed by atoms with Gasteiger partial charge in [0.25, 0.3) is 5.91 Å². The molecule has 2 aromatic rings. The van der Waals surface area contributed by atoms with Crippen molar-refractivity contribution in [2.75, 3.05) is 13.1 Å². The van der Waals surface area contributed by atoms with Gasteiger partial charge in [0.2, 0.25) is 0 Å². The Morgan fingerprint density at radius 2 is 1.60 bits per heavy atom. The summed E-state index contributed by atoms with van der Waals surface area (Å²) in [4.78, 5) is 14.0. The number of hydrogen-bond donors (Lipinski definition) is 1. The average molecular weight is 269 g/mol. The first-order valence-electron chi connectivity index (χ1n) is 6.85. The monoisotopic (exact) mass is 269 g/mol. The number of phenolic OH excluding ortho intramolecular Hbond substituents is 1. The van der Waals surface area contributed by atoms with E-state index >= 15 is 0 Å². The predicted molar refractivity (Wildman–Crippen MR) is 80.8 cm³/mol. The molecule has 0 aliphatic heterocycles. The maximum atomic E-state index is 12.2. The van der Waals surface area contributed by atoms with Gasteiger partial charge in [0.05, 0.1) is 0 Å². The molecule has 0 heterocycles. The van der Waals surface area contributed by atoms with Crippen LogP contribution in [-0.2, 0) is 0 Å². The third-order valence-electron chi connectivity index (χ3n) is 3.40. The number of nitrogens with zero attached hydrogens (tertiary/aromatic N) is 1. The van der Waals surface area contributed by atoms with Gasteiger partial charge in [-0.25, -0.2) is 0 Å². The Bertz CT molecular complexity index is 586. The van der Waals surface area contributed by atoms with Gasteiger partial charge in [-0.1, -0.05) is 30.3 Å². The van der Waals surface area contributed by atoms with Crippen LogP contribution in [0, 0.1) is 0 Å². The first kappa shape index (κ1) is 14.1. The van der Waals surface area contributed by atoms with E-state index in [1.165, 1.54) is 0 Å². The Hall–Kier alpha value is -2.29. The van der Waals surface area contributed by atoms with Gasteiger partial charge in [-0.05, 0) is 37.6 Å². The van der Waals surface area contributed by atoms with E-state index in [9.17, 15) is 9.90 Å². The van der Waals surface area contributed by atoms with Gasteiger partial charge >= 0.3 is 0 Å². The number of para-hydroxylation sites is 1. The van der Waals surface area contributed by atoms with Gasteiger partial charge in [-0.3, -0.25) is 4.79 Å². The van der Waals surface area contributed by atoms with Crippen LogP contribution >= 0.6 is 0 Å². The normalized spacial score (nSPS) is 10.3. The summed E-state index contributed by atoms with van der Waals surface area (Å²) in [6.07, 6.45) is 0. The Balaban J connectivity index is 2.27. The SMILES string of the molecule is CCN(CC)C(=O)c1ccc(-c2ccccc2O)cc1. The molecule has 0 saturated carbocycles. The number of aromatic hydroxyl groups is 1. The lowest BCUT2D eigenvalue weighted by Crippen LogP contribution is -2.30. The molecule has 0 aliphatic rings. The zero-order chi connectivity index (χ0) is 14.5. The minimum Gasteiger partial charge on any atom is -0.507 e. The van der Waals surface area contributed by atoms with Gasteiger partial charge in [0.15, 0.2) is 0 Å². The van der Waals surface area contributed by atoms with Crippen LogP contribution in [0.25, 0.3) is 11.1 Å². The molecular weight excluding hydrogens is 250 g/mol. The van der Waals surface area contributed by atoms with E-state index in [1.807, 2.05) is 50.2 Å². The van der Waals surface area contributed by atoms with Gasteiger partial charge < -0.3 is 10.0 Å². The Morgan fingerprint density at radius 1 is 1.00 bits per heavy atom. The molecule has 2 aromatic carbocycles. The van der Waals surface area contributed by atoms with Crippen LogP contribution < -0.4 is 0 Å². The summed E-state index contributed by atoms with van der Waals surface area (Å²) in [6.45, 7) is 5.35. The van der Waals surface area contributed by atoms with Crippen molar-refractivity contribution in [1.29, 1.82) is 0 Å². The van der Waals surface area contributed by atoms with Crippen LogP contribution in [0.3, 0.4) is 0 Å². The van der Waals surface area contributed by atoms with E-state index in [4.69, 9.17) is 0 Å². The van der Waals surface area contributed by atoms with Crippen molar-refractivity contribution in [2.45, 2.75) is 13.8 Å². The summed E-state index contributed by atoms with van der Waals surface area (Å²) >= 11 is 0.